The molecular weight excluding hydrogens is 1690 g/mol. The number of pyridine rings is 3. The van der Waals surface area contributed by atoms with Gasteiger partial charge in [-0.3, -0.25) is 48.6 Å². The SMILES string of the molecule is C.COc1ccc(CN(C(=O)OC(C)(C)C)c2cc(C[C@H]3C(=O)N(C(=O)N4CCCC(C5CCCCCCC5)C4)[C@@H]3C(=O)O)ccn2)cc1.COc1ccc(CN(C(=O)OC(C)(C)C)c2cc(C[C@H]3C(=O)N(C(=O)N4CCCC(C5CCCCCCC5)C4)[C@@H]3C(N)=O)ccn2)cc1.Cc1cc(C[C@H]2C(=O)N(C(=O)N3CCCC(C4CCCCCCC4)C3)[C@@H]2C(N)=O)ccn1.Cl.N. The molecule has 2 aromatic carbocycles. The number of carbonyl (C=O) groups is 11. The number of ether oxygens (including phenoxy) is 4. The topological polar surface area (TPSA) is 397 Å². The molecule has 718 valence electrons. The number of aromatic nitrogens is 3. The third kappa shape index (κ3) is 27.4. The molecule has 3 unspecified atom stereocenters. The van der Waals surface area contributed by atoms with Gasteiger partial charge in [0.15, 0.2) is 6.04 Å². The highest BCUT2D eigenvalue weighted by atomic mass is 35.5. The predicted molar refractivity (Wildman–Crippen MR) is 503 cm³/mol. The highest BCUT2D eigenvalue weighted by Gasteiger charge is 2.58. The number of primary amides is 2. The molecule has 131 heavy (non-hydrogen) atoms. The minimum Gasteiger partial charge on any atom is -0.497 e. The number of likely N-dealkylation sites (tertiary alicyclic amines) is 6. The number of imide groups is 3. The molecule has 6 saturated heterocycles. The summed E-state index contributed by atoms with van der Waals surface area (Å²) in [4.78, 5) is 169. The van der Waals surface area contributed by atoms with Crippen LogP contribution in [0.2, 0.25) is 0 Å². The normalized spacial score (nSPS) is 23.0. The van der Waals surface area contributed by atoms with Crippen LogP contribution in [0.1, 0.15) is 256 Å². The first-order valence-electron chi connectivity index (χ1n) is 47.1. The number of halogens is 1. The number of carboxylic acid groups (broad SMARTS) is 1. The Morgan fingerprint density at radius 1 is 0.405 bits per heavy atom. The number of anilines is 2. The number of hydrogen-bond donors (Lipinski definition) is 4. The fourth-order valence-corrected chi connectivity index (χ4v) is 20.8. The van der Waals surface area contributed by atoms with Crippen LogP contribution in [0, 0.1) is 60.2 Å². The van der Waals surface area contributed by atoms with Gasteiger partial charge in [0.2, 0.25) is 29.5 Å². The molecule has 0 radical (unpaired) electrons. The number of aryl methyl sites for hydroxylation is 1. The van der Waals surface area contributed by atoms with Crippen LogP contribution in [0.25, 0.3) is 0 Å². The molecule has 9 fully saturated rings. The maximum Gasteiger partial charge on any atom is 0.416 e. The second kappa shape index (κ2) is 48.3. The van der Waals surface area contributed by atoms with Crippen molar-refractivity contribution in [1.82, 2.24) is 50.5 Å². The van der Waals surface area contributed by atoms with Crippen molar-refractivity contribution in [3.05, 3.63) is 137 Å². The van der Waals surface area contributed by atoms with Gasteiger partial charge in [-0.1, -0.05) is 167 Å². The van der Waals surface area contributed by atoms with E-state index in [1.807, 2.05) is 55.5 Å². The minimum atomic E-state index is -1.26. The first-order valence-corrected chi connectivity index (χ1v) is 47.1. The van der Waals surface area contributed by atoms with E-state index in [1.165, 1.54) is 151 Å². The summed E-state index contributed by atoms with van der Waals surface area (Å²) in [6.07, 6.45) is 36.6. The summed E-state index contributed by atoms with van der Waals surface area (Å²) >= 11 is 0. The lowest BCUT2D eigenvalue weighted by Gasteiger charge is -2.47. The van der Waals surface area contributed by atoms with Crippen LogP contribution in [0.3, 0.4) is 0 Å². The Morgan fingerprint density at radius 2 is 0.687 bits per heavy atom. The van der Waals surface area contributed by atoms with E-state index in [1.54, 1.807) is 119 Å². The van der Waals surface area contributed by atoms with E-state index in [9.17, 15) is 57.8 Å². The van der Waals surface area contributed by atoms with Gasteiger partial charge in [0.25, 0.3) is 0 Å². The summed E-state index contributed by atoms with van der Waals surface area (Å²) in [5, 5.41) is 10.2. The van der Waals surface area contributed by atoms with Gasteiger partial charge >= 0.3 is 36.2 Å². The molecule has 9 atom stereocenters. The molecule has 9 heterocycles. The summed E-state index contributed by atoms with van der Waals surface area (Å²) in [5.74, 6) is -0.838. The first kappa shape index (κ1) is 104. The van der Waals surface area contributed by atoms with Gasteiger partial charge in [-0.2, -0.15) is 0 Å². The second-order valence-electron chi connectivity index (χ2n) is 38.9. The molecule has 3 saturated carbocycles. The third-order valence-electron chi connectivity index (χ3n) is 27.5. The Hall–Kier alpha value is -10.5. The Bertz CT molecular complexity index is 4440. The van der Waals surface area contributed by atoms with Gasteiger partial charge in [-0.25, -0.2) is 43.6 Å². The van der Waals surface area contributed by atoms with Crippen molar-refractivity contribution in [2.24, 2.45) is 64.7 Å². The van der Waals surface area contributed by atoms with Crippen LogP contribution < -0.4 is 36.9 Å². The summed E-state index contributed by atoms with van der Waals surface area (Å²) in [6.45, 7) is 16.6. The molecule has 14 rings (SSSR count). The molecule has 0 bridgehead atoms. The smallest absolute Gasteiger partial charge is 0.416 e. The van der Waals surface area contributed by atoms with Gasteiger partial charge in [0, 0.05) is 63.6 Å². The second-order valence-corrected chi connectivity index (χ2v) is 38.9. The van der Waals surface area contributed by atoms with Crippen LogP contribution in [0.15, 0.2) is 104 Å². The lowest BCUT2D eigenvalue weighted by atomic mass is 9.78. The quantitative estimate of drug-likeness (QED) is 0.0526. The highest BCUT2D eigenvalue weighted by Crippen LogP contribution is 2.42. The molecule has 5 aromatic rings. The van der Waals surface area contributed by atoms with Crippen molar-refractivity contribution in [3.8, 4) is 11.5 Å². The molecule has 3 aromatic heterocycles. The monoisotopic (exact) mass is 1830 g/mol. The van der Waals surface area contributed by atoms with E-state index >= 15 is 0 Å². The van der Waals surface area contributed by atoms with Crippen molar-refractivity contribution in [2.75, 3.05) is 63.3 Å². The zero-order valence-electron chi connectivity index (χ0n) is 77.9. The fourth-order valence-electron chi connectivity index (χ4n) is 20.8. The molecule has 30 nitrogen and oxygen atoms in total. The summed E-state index contributed by atoms with van der Waals surface area (Å²) < 4.78 is 21.9. The maximum atomic E-state index is 13.7. The van der Waals surface area contributed by atoms with E-state index < -0.39 is 101 Å². The lowest BCUT2D eigenvalue weighted by molar-refractivity contribution is -0.166. The zero-order valence-corrected chi connectivity index (χ0v) is 78.7. The van der Waals surface area contributed by atoms with Crippen molar-refractivity contribution in [1.29, 1.82) is 0 Å². The number of rotatable bonds is 20. The summed E-state index contributed by atoms with van der Waals surface area (Å²) in [7, 11) is 3.17. The number of benzene rings is 2. The van der Waals surface area contributed by atoms with E-state index in [0.717, 1.165) is 75.6 Å². The number of piperidine rings is 3. The molecule has 6 aliphatic heterocycles. The van der Waals surface area contributed by atoms with Crippen LogP contribution in [-0.2, 0) is 70.6 Å². The minimum absolute atomic E-state index is 0. The maximum absolute atomic E-state index is 13.7. The molecule has 9 aliphatic rings. The van der Waals surface area contributed by atoms with Gasteiger partial charge in [0.1, 0.15) is 46.4 Å². The van der Waals surface area contributed by atoms with Crippen molar-refractivity contribution >= 4 is 89.8 Å². The number of β-lactam (4-membered cyclic amide) rings is 3. The number of urea groups is 3. The average Bonchev–Trinajstić information content (AvgIpc) is 0.750. The van der Waals surface area contributed by atoms with E-state index in [0.29, 0.717) is 115 Å². The number of nitrogens with zero attached hydrogens (tertiary/aromatic N) is 11. The van der Waals surface area contributed by atoms with E-state index in [4.69, 9.17) is 30.4 Å². The van der Waals surface area contributed by atoms with Crippen molar-refractivity contribution < 1.29 is 76.8 Å². The molecule has 13 amide bonds. The van der Waals surface area contributed by atoms with Crippen LogP contribution >= 0.6 is 12.4 Å². The predicted octanol–water partition coefficient (Wildman–Crippen LogP) is 17.4. The largest absolute Gasteiger partial charge is 0.497 e. The van der Waals surface area contributed by atoms with Crippen molar-refractivity contribution in [2.45, 2.75) is 291 Å². The third-order valence-corrected chi connectivity index (χ3v) is 27.5. The summed E-state index contributed by atoms with van der Waals surface area (Å²) in [5.41, 5.74) is 14.7. The number of carbonyl (C=O) groups excluding carboxylic acids is 10. The first-order chi connectivity index (χ1) is 61.3. The van der Waals surface area contributed by atoms with Crippen molar-refractivity contribution in [3.63, 3.8) is 0 Å². The fraction of sp³-hybridized carbons (Fsp3) is 0.620. The molecular formula is C100H145ClN14O16. The van der Waals surface area contributed by atoms with E-state index in [2.05, 4.69) is 15.0 Å². The number of nitrogens with two attached hydrogens (primary N) is 2. The van der Waals surface area contributed by atoms with Gasteiger partial charge < -0.3 is 56.4 Å². The average molecular weight is 1830 g/mol. The zero-order chi connectivity index (χ0) is 91.5. The number of aliphatic carboxylic acids is 1. The Balaban J connectivity index is 0.000000223. The van der Waals surface area contributed by atoms with Gasteiger partial charge in [-0.05, 0) is 230 Å². The molecule has 8 N–H and O–H groups in total. The highest BCUT2D eigenvalue weighted by molar-refractivity contribution is 6.10. The molecule has 31 heteroatoms. The number of methoxy groups -OCH3 is 2. The molecule has 0 spiro atoms. The molecule has 3 aliphatic carbocycles. The van der Waals surface area contributed by atoms with Crippen LogP contribution in [0.4, 0.5) is 35.6 Å². The Labute approximate surface area is 780 Å². The Kier molecular flexibility index (Phi) is 38.4. The van der Waals surface area contributed by atoms with Gasteiger partial charge in [0.05, 0.1) is 45.1 Å². The lowest BCUT2D eigenvalue weighted by Crippen LogP contribution is -2.70. The van der Waals surface area contributed by atoms with Crippen LogP contribution in [-0.4, -0.2) is 198 Å². The van der Waals surface area contributed by atoms with Crippen LogP contribution in [0.5, 0.6) is 11.5 Å². The standard InChI is InChI=1S/C37H51N5O6.C37H50N4O7.C25H36N4O3.CH4.ClH.H3N/c1-37(2,3)48-36(46)41(23-25-14-16-29(47-4)17-15-25)31-22-26(18-19-39-31)21-30-32(33(38)43)42(34(30)44)35(45)40-20-10-13-28(24-40)27-11-8-6-5-7-9-12-27;1-37(2,3)48-36(46)40(23-25-14-16-29(47-4)17-15-25)31-22-26(18-19-38-31)21-30-32(34(43)44)41(33(30)42)35(45)39-20-10-13-28(24-39)27-11-8-6-5-7-9-12-27;1-17-14-18(11-12-27-17)15-21-22(23(26)30)29(24(21)31)25(32)28-13-7-10-20(16-28)19-8-5-3-2-4-6-9-19;;;/h14-19,22,27-28,30,32H,5-13,20-21,23-24H2,1-4H3,(H2,38,43);14-19,22,27-28,30,32H,5-13,20-21,23-24H2,1-4H3,(H,43,44);11-12,14,19-22H,2-10,13,15-16H2,1H3,(H2,26,30);1H4;1H;1H3/t2*28?,30-,32+;20?,21-,22+;;;/m111.../s1. The number of hydrogen-bond acceptors (Lipinski definition) is 19. The summed E-state index contributed by atoms with van der Waals surface area (Å²) in [6, 6.07) is 20.8. The number of carboxylic acids is 1. The number of amides is 13. The Morgan fingerprint density at radius 3 is 0.977 bits per heavy atom. The van der Waals surface area contributed by atoms with E-state index in [-0.39, 0.29) is 63.9 Å². The van der Waals surface area contributed by atoms with Gasteiger partial charge in [-0.15, -0.1) is 12.4 Å².